The second kappa shape index (κ2) is 5.55. The molecule has 0 saturated heterocycles. The molecule has 0 radical (unpaired) electrons. The average molecular weight is 286 g/mol. The monoisotopic (exact) mass is 286 g/mol. The van der Waals surface area contributed by atoms with E-state index in [4.69, 9.17) is 10.6 Å². The van der Waals surface area contributed by atoms with Crippen LogP contribution < -0.4 is 16.0 Å². The van der Waals surface area contributed by atoms with Crippen molar-refractivity contribution >= 4 is 11.0 Å². The summed E-state index contributed by atoms with van der Waals surface area (Å²) < 4.78 is 9.18. The Labute approximate surface area is 122 Å². The zero-order valence-corrected chi connectivity index (χ0v) is 12.0. The maximum absolute atomic E-state index is 5.74. The number of fused-ring (bicyclic) bond motifs is 1. The van der Waals surface area contributed by atoms with Crippen LogP contribution in [0.3, 0.4) is 0 Å². The minimum Gasteiger partial charge on any atom is -0.493 e. The number of nitrogens with two attached hydrogens (primary N) is 1. The summed E-state index contributed by atoms with van der Waals surface area (Å²) in [6, 6.07) is 7.86. The highest BCUT2D eigenvalue weighted by Gasteiger charge is 2.20. The minimum atomic E-state index is -0.134. The molecule has 2 heterocycles. The molecule has 3 N–H and O–H groups in total. The van der Waals surface area contributed by atoms with Crippen LogP contribution in [0.4, 0.5) is 0 Å². The van der Waals surface area contributed by atoms with Gasteiger partial charge in [-0.1, -0.05) is 12.1 Å². The van der Waals surface area contributed by atoms with Gasteiger partial charge in [-0.15, -0.1) is 0 Å². The summed E-state index contributed by atoms with van der Waals surface area (Å²) in [6.07, 6.45) is 3.50. The van der Waals surface area contributed by atoms with Gasteiger partial charge in [0.15, 0.2) is 5.75 Å². The predicted octanol–water partition coefficient (Wildman–Crippen LogP) is 0.983. The molecule has 1 unspecified atom stereocenters. The molecule has 0 amide bonds. The lowest BCUT2D eigenvalue weighted by molar-refractivity contribution is 0.383. The summed E-state index contributed by atoms with van der Waals surface area (Å²) in [4.78, 5) is 4.39. The first kappa shape index (κ1) is 13.6. The topological polar surface area (TPSA) is 82.9 Å². The van der Waals surface area contributed by atoms with Crippen molar-refractivity contribution < 1.29 is 4.74 Å². The van der Waals surface area contributed by atoms with Crippen LogP contribution >= 0.6 is 0 Å². The molecule has 1 aromatic carbocycles. The van der Waals surface area contributed by atoms with Crippen molar-refractivity contribution in [3.63, 3.8) is 0 Å². The van der Waals surface area contributed by atoms with E-state index in [2.05, 4.69) is 20.1 Å². The van der Waals surface area contributed by atoms with Gasteiger partial charge in [0, 0.05) is 13.6 Å². The van der Waals surface area contributed by atoms with E-state index in [-0.39, 0.29) is 6.04 Å². The van der Waals surface area contributed by atoms with E-state index >= 15 is 0 Å². The lowest BCUT2D eigenvalue weighted by Gasteiger charge is -2.18. The van der Waals surface area contributed by atoms with E-state index in [9.17, 15) is 0 Å². The number of hydrogen-bond acceptors (Lipinski definition) is 5. The van der Waals surface area contributed by atoms with Crippen LogP contribution in [0.25, 0.3) is 11.0 Å². The molecular formula is C14H18N6O. The van der Waals surface area contributed by atoms with Crippen LogP contribution in [-0.2, 0) is 13.6 Å². The Kier molecular flexibility index (Phi) is 3.59. The standard InChI is InChI=1S/C14H18N6O/c1-19-14(13(21-2)7-17-19)11(18-15)8-20-9-16-10-5-3-4-6-12(10)20/h3-7,9,11,18H,8,15H2,1-2H3. The summed E-state index contributed by atoms with van der Waals surface area (Å²) in [5.41, 5.74) is 5.77. The number of nitrogens with zero attached hydrogens (tertiary/aromatic N) is 4. The van der Waals surface area contributed by atoms with Gasteiger partial charge in [-0.3, -0.25) is 10.5 Å². The molecule has 1 atom stereocenters. The van der Waals surface area contributed by atoms with Gasteiger partial charge in [-0.05, 0) is 12.1 Å². The highest BCUT2D eigenvalue weighted by atomic mass is 16.5. The Morgan fingerprint density at radius 3 is 2.95 bits per heavy atom. The third kappa shape index (κ3) is 2.37. The molecule has 0 spiro atoms. The summed E-state index contributed by atoms with van der Waals surface area (Å²) in [6.45, 7) is 0.632. The zero-order chi connectivity index (χ0) is 14.8. The summed E-state index contributed by atoms with van der Waals surface area (Å²) in [5.74, 6) is 6.45. The number of hydrogen-bond donors (Lipinski definition) is 2. The van der Waals surface area contributed by atoms with Crippen molar-refractivity contribution in [2.45, 2.75) is 12.6 Å². The van der Waals surface area contributed by atoms with Gasteiger partial charge in [-0.25, -0.2) is 10.4 Å². The minimum absolute atomic E-state index is 0.134. The van der Waals surface area contributed by atoms with Gasteiger partial charge in [0.2, 0.25) is 0 Å². The Balaban J connectivity index is 1.96. The summed E-state index contributed by atoms with van der Waals surface area (Å²) in [7, 11) is 3.49. The van der Waals surface area contributed by atoms with Gasteiger partial charge in [0.1, 0.15) is 5.69 Å². The molecule has 0 bridgehead atoms. The fourth-order valence-corrected chi connectivity index (χ4v) is 2.55. The smallest absolute Gasteiger partial charge is 0.161 e. The van der Waals surface area contributed by atoms with Crippen molar-refractivity contribution in [2.75, 3.05) is 7.11 Å². The number of nitrogens with one attached hydrogen (secondary N) is 1. The molecule has 2 aromatic heterocycles. The first-order chi connectivity index (χ1) is 10.2. The first-order valence-corrected chi connectivity index (χ1v) is 6.66. The molecule has 0 aliphatic carbocycles. The van der Waals surface area contributed by atoms with Crippen LogP contribution in [0, 0.1) is 0 Å². The lowest BCUT2D eigenvalue weighted by Crippen LogP contribution is -2.32. The van der Waals surface area contributed by atoms with Crippen LogP contribution in [0.2, 0.25) is 0 Å². The van der Waals surface area contributed by atoms with Gasteiger partial charge in [-0.2, -0.15) is 5.10 Å². The van der Waals surface area contributed by atoms with E-state index in [1.54, 1.807) is 18.0 Å². The number of methoxy groups -OCH3 is 1. The molecule has 7 nitrogen and oxygen atoms in total. The highest BCUT2D eigenvalue weighted by Crippen LogP contribution is 2.26. The second-order valence-electron chi connectivity index (χ2n) is 4.83. The largest absolute Gasteiger partial charge is 0.493 e. The Morgan fingerprint density at radius 2 is 2.19 bits per heavy atom. The molecule has 110 valence electrons. The van der Waals surface area contributed by atoms with Crippen LogP contribution in [0.1, 0.15) is 11.7 Å². The number of aryl methyl sites for hydroxylation is 1. The molecule has 3 aromatic rings. The van der Waals surface area contributed by atoms with Crippen LogP contribution in [-0.4, -0.2) is 26.4 Å². The third-order valence-corrected chi connectivity index (χ3v) is 3.61. The molecule has 0 aliphatic heterocycles. The number of aromatic nitrogens is 4. The SMILES string of the molecule is COc1cnn(C)c1C(Cn1cnc2ccccc21)NN. The Hall–Kier alpha value is -2.38. The molecule has 21 heavy (non-hydrogen) atoms. The fourth-order valence-electron chi connectivity index (χ4n) is 2.55. The van der Waals surface area contributed by atoms with E-state index in [1.165, 1.54) is 0 Å². The highest BCUT2D eigenvalue weighted by molar-refractivity contribution is 5.74. The number of imidazole rings is 1. The normalized spacial score (nSPS) is 12.7. The maximum atomic E-state index is 5.74. The molecule has 0 fully saturated rings. The third-order valence-electron chi connectivity index (χ3n) is 3.61. The summed E-state index contributed by atoms with van der Waals surface area (Å²) >= 11 is 0. The molecule has 3 rings (SSSR count). The van der Waals surface area contributed by atoms with Crippen molar-refractivity contribution in [1.29, 1.82) is 0 Å². The van der Waals surface area contributed by atoms with Crippen molar-refractivity contribution in [1.82, 2.24) is 24.8 Å². The van der Waals surface area contributed by atoms with Gasteiger partial charge >= 0.3 is 0 Å². The lowest BCUT2D eigenvalue weighted by atomic mass is 10.2. The fraction of sp³-hybridized carbons (Fsp3) is 0.286. The Bertz CT molecular complexity index is 747. The van der Waals surface area contributed by atoms with Gasteiger partial charge in [0.25, 0.3) is 0 Å². The van der Waals surface area contributed by atoms with Crippen LogP contribution in [0.15, 0.2) is 36.8 Å². The number of ether oxygens (including phenoxy) is 1. The van der Waals surface area contributed by atoms with Crippen molar-refractivity contribution in [2.24, 2.45) is 12.9 Å². The van der Waals surface area contributed by atoms with E-state index < -0.39 is 0 Å². The first-order valence-electron chi connectivity index (χ1n) is 6.66. The Morgan fingerprint density at radius 1 is 1.38 bits per heavy atom. The van der Waals surface area contributed by atoms with Crippen LogP contribution in [0.5, 0.6) is 5.75 Å². The van der Waals surface area contributed by atoms with E-state index in [0.29, 0.717) is 12.3 Å². The molecule has 7 heteroatoms. The maximum Gasteiger partial charge on any atom is 0.161 e. The van der Waals surface area contributed by atoms with Crippen molar-refractivity contribution in [3.8, 4) is 5.75 Å². The zero-order valence-electron chi connectivity index (χ0n) is 12.0. The van der Waals surface area contributed by atoms with Gasteiger partial charge < -0.3 is 9.30 Å². The predicted molar refractivity (Wildman–Crippen MR) is 79.6 cm³/mol. The second-order valence-corrected chi connectivity index (χ2v) is 4.83. The van der Waals surface area contributed by atoms with E-state index in [0.717, 1.165) is 16.7 Å². The van der Waals surface area contributed by atoms with Gasteiger partial charge in [0.05, 0.1) is 36.7 Å². The number of benzene rings is 1. The quantitative estimate of drug-likeness (QED) is 0.540. The molecular weight excluding hydrogens is 268 g/mol. The van der Waals surface area contributed by atoms with E-state index in [1.807, 2.05) is 37.6 Å². The summed E-state index contributed by atoms with van der Waals surface area (Å²) in [5, 5.41) is 4.22. The number of para-hydroxylation sites is 2. The number of rotatable bonds is 5. The number of hydrazine groups is 1. The van der Waals surface area contributed by atoms with Crippen molar-refractivity contribution in [3.05, 3.63) is 42.5 Å². The molecule has 0 saturated carbocycles. The average Bonchev–Trinajstić information content (AvgIpc) is 3.08. The molecule has 0 aliphatic rings.